The average molecular weight is 352 g/mol. The number of pyridine rings is 1. The maximum Gasteiger partial charge on any atom is 0.241 e. The van der Waals surface area contributed by atoms with Gasteiger partial charge >= 0.3 is 0 Å². The molecule has 1 saturated carbocycles. The third kappa shape index (κ3) is 2.46. The average Bonchev–Trinajstić information content (AvgIpc) is 2.60. The molecule has 0 atom stereocenters. The minimum Gasteiger partial charge on any atom is -0.397 e. The molecule has 0 radical (unpaired) electrons. The number of nitrogens with two attached hydrogens (primary N) is 1. The van der Waals surface area contributed by atoms with Crippen LogP contribution in [0.25, 0.3) is 0 Å². The summed E-state index contributed by atoms with van der Waals surface area (Å²) in [5, 5.41) is 0. The first kappa shape index (κ1) is 14.5. The molecule has 0 aromatic carbocycles. The Morgan fingerprint density at radius 3 is 2.48 bits per heavy atom. The van der Waals surface area contributed by atoms with Crippen LogP contribution in [0.5, 0.6) is 0 Å². The van der Waals surface area contributed by atoms with E-state index in [-0.39, 0.29) is 11.8 Å². The van der Waals surface area contributed by atoms with Gasteiger partial charge in [-0.25, -0.2) is 9.88 Å². The van der Waals surface area contributed by atoms with Crippen molar-refractivity contribution in [2.45, 2.75) is 44.9 Å². The van der Waals surface area contributed by atoms with Crippen molar-refractivity contribution in [3.63, 3.8) is 0 Å². The Hall–Kier alpha value is -1.43. The lowest BCUT2D eigenvalue weighted by molar-refractivity contribution is -0.126. The molecule has 3 rings (SSSR count). The zero-order chi connectivity index (χ0) is 15.0. The summed E-state index contributed by atoms with van der Waals surface area (Å²) in [7, 11) is 0. The highest BCUT2D eigenvalue weighted by molar-refractivity contribution is 9.10. The van der Waals surface area contributed by atoms with E-state index in [2.05, 4.69) is 20.9 Å². The predicted octanol–water partition coefficient (Wildman–Crippen LogP) is 3.03. The second-order valence-electron chi connectivity index (χ2n) is 5.98. The predicted molar refractivity (Wildman–Crippen MR) is 83.6 cm³/mol. The summed E-state index contributed by atoms with van der Waals surface area (Å²) in [4.78, 5) is 30.7. The van der Waals surface area contributed by atoms with E-state index in [9.17, 15) is 9.59 Å². The molecule has 2 N–H and O–H groups in total. The quantitative estimate of drug-likeness (QED) is 0.789. The van der Waals surface area contributed by atoms with Gasteiger partial charge in [0.15, 0.2) is 5.82 Å². The molecule has 1 aliphatic carbocycles. The summed E-state index contributed by atoms with van der Waals surface area (Å²) < 4.78 is 0.579. The molecule has 1 spiro atoms. The Kier molecular flexibility index (Phi) is 3.73. The van der Waals surface area contributed by atoms with Gasteiger partial charge in [0.2, 0.25) is 11.8 Å². The van der Waals surface area contributed by atoms with Crippen LogP contribution in [0.1, 0.15) is 44.9 Å². The number of imide groups is 1. The standard InChI is InChI=1S/C15H18BrN3O2/c16-11-7-10(17)9-18-13(11)19-12(20)8-15(14(19)21)5-3-1-2-4-6-15/h7,9H,1-6,8,17H2. The number of halogens is 1. The lowest BCUT2D eigenvalue weighted by Crippen LogP contribution is -2.36. The molecule has 1 aliphatic heterocycles. The summed E-state index contributed by atoms with van der Waals surface area (Å²) in [6.07, 6.45) is 7.72. The van der Waals surface area contributed by atoms with Crippen molar-refractivity contribution in [3.8, 4) is 0 Å². The number of amides is 2. The van der Waals surface area contributed by atoms with Gasteiger partial charge in [-0.2, -0.15) is 0 Å². The van der Waals surface area contributed by atoms with Gasteiger partial charge in [0, 0.05) is 6.42 Å². The first-order valence-electron chi connectivity index (χ1n) is 7.32. The van der Waals surface area contributed by atoms with Crippen LogP contribution in [0.3, 0.4) is 0 Å². The SMILES string of the molecule is Nc1cnc(N2C(=O)CC3(CCCCCC3)C2=O)c(Br)c1. The minimum absolute atomic E-state index is 0.0904. The highest BCUT2D eigenvalue weighted by Crippen LogP contribution is 2.46. The third-order valence-corrected chi connectivity index (χ3v) is 5.09. The zero-order valence-electron chi connectivity index (χ0n) is 11.8. The number of nitrogen functional groups attached to an aromatic ring is 1. The fraction of sp³-hybridized carbons (Fsp3) is 0.533. The van der Waals surface area contributed by atoms with Gasteiger partial charge in [-0.3, -0.25) is 9.59 Å². The Bertz CT molecular complexity index is 595. The van der Waals surface area contributed by atoms with E-state index in [4.69, 9.17) is 5.73 Å². The number of aromatic nitrogens is 1. The Morgan fingerprint density at radius 2 is 1.86 bits per heavy atom. The normalized spacial score (nSPS) is 21.9. The van der Waals surface area contributed by atoms with Gasteiger partial charge in [-0.05, 0) is 34.8 Å². The van der Waals surface area contributed by atoms with Gasteiger partial charge in [0.25, 0.3) is 0 Å². The lowest BCUT2D eigenvalue weighted by atomic mass is 9.79. The lowest BCUT2D eigenvalue weighted by Gasteiger charge is -2.24. The van der Waals surface area contributed by atoms with Crippen LogP contribution in [0.15, 0.2) is 16.7 Å². The smallest absolute Gasteiger partial charge is 0.241 e. The largest absolute Gasteiger partial charge is 0.397 e. The minimum atomic E-state index is -0.504. The van der Waals surface area contributed by atoms with E-state index in [0.717, 1.165) is 38.5 Å². The number of carbonyl (C=O) groups excluding carboxylic acids is 2. The summed E-state index contributed by atoms with van der Waals surface area (Å²) in [5.41, 5.74) is 5.66. The molecule has 2 amide bonds. The van der Waals surface area contributed by atoms with Crippen LogP contribution < -0.4 is 10.6 Å². The highest BCUT2D eigenvalue weighted by Gasteiger charge is 2.52. The Morgan fingerprint density at radius 1 is 1.19 bits per heavy atom. The number of rotatable bonds is 1. The van der Waals surface area contributed by atoms with E-state index >= 15 is 0 Å². The van der Waals surface area contributed by atoms with E-state index in [1.807, 2.05) is 0 Å². The summed E-state index contributed by atoms with van der Waals surface area (Å²) >= 11 is 3.35. The van der Waals surface area contributed by atoms with E-state index in [1.54, 1.807) is 6.07 Å². The molecule has 5 nitrogen and oxygen atoms in total. The van der Waals surface area contributed by atoms with Crippen LogP contribution in [0.2, 0.25) is 0 Å². The molecule has 112 valence electrons. The monoisotopic (exact) mass is 351 g/mol. The van der Waals surface area contributed by atoms with Crippen LogP contribution in [-0.4, -0.2) is 16.8 Å². The summed E-state index contributed by atoms with van der Waals surface area (Å²) in [5.74, 6) is 0.118. The number of hydrogen-bond donors (Lipinski definition) is 1. The first-order valence-corrected chi connectivity index (χ1v) is 8.11. The second-order valence-corrected chi connectivity index (χ2v) is 6.83. The fourth-order valence-electron chi connectivity index (χ4n) is 3.41. The number of hydrogen-bond acceptors (Lipinski definition) is 4. The molecule has 0 bridgehead atoms. The van der Waals surface area contributed by atoms with E-state index in [0.29, 0.717) is 22.4 Å². The fourth-order valence-corrected chi connectivity index (χ4v) is 3.96. The third-order valence-electron chi connectivity index (χ3n) is 4.51. The summed E-state index contributed by atoms with van der Waals surface area (Å²) in [6.45, 7) is 0. The Balaban J connectivity index is 1.97. The Labute approximate surface area is 132 Å². The first-order chi connectivity index (χ1) is 10.0. The van der Waals surface area contributed by atoms with E-state index in [1.165, 1.54) is 11.1 Å². The van der Waals surface area contributed by atoms with Gasteiger partial charge < -0.3 is 5.73 Å². The van der Waals surface area contributed by atoms with Crippen LogP contribution in [0.4, 0.5) is 11.5 Å². The highest BCUT2D eigenvalue weighted by atomic mass is 79.9. The van der Waals surface area contributed by atoms with Crippen molar-refractivity contribution in [1.82, 2.24) is 4.98 Å². The number of anilines is 2. The molecular weight excluding hydrogens is 334 g/mol. The molecule has 2 fully saturated rings. The number of nitrogens with zero attached hydrogens (tertiary/aromatic N) is 2. The van der Waals surface area contributed by atoms with Crippen molar-refractivity contribution in [2.75, 3.05) is 10.6 Å². The maximum atomic E-state index is 12.9. The molecule has 1 saturated heterocycles. The molecule has 6 heteroatoms. The molecule has 0 unspecified atom stereocenters. The maximum absolute atomic E-state index is 12.9. The van der Waals surface area contributed by atoms with E-state index < -0.39 is 5.41 Å². The topological polar surface area (TPSA) is 76.3 Å². The van der Waals surface area contributed by atoms with Gasteiger partial charge in [-0.15, -0.1) is 0 Å². The molecule has 1 aromatic rings. The molecule has 1 aromatic heterocycles. The van der Waals surface area contributed by atoms with Crippen LogP contribution in [-0.2, 0) is 9.59 Å². The van der Waals surface area contributed by atoms with Gasteiger partial charge in [0.1, 0.15) is 0 Å². The number of carbonyl (C=O) groups is 2. The second kappa shape index (κ2) is 5.40. The van der Waals surface area contributed by atoms with Crippen molar-refractivity contribution in [2.24, 2.45) is 5.41 Å². The van der Waals surface area contributed by atoms with Crippen LogP contribution in [0, 0.1) is 5.41 Å². The molecule has 2 aliphatic rings. The van der Waals surface area contributed by atoms with Crippen molar-refractivity contribution >= 4 is 39.2 Å². The molecule has 2 heterocycles. The van der Waals surface area contributed by atoms with Crippen molar-refractivity contribution in [3.05, 3.63) is 16.7 Å². The van der Waals surface area contributed by atoms with Crippen LogP contribution >= 0.6 is 15.9 Å². The molecular formula is C15H18BrN3O2. The molecule has 21 heavy (non-hydrogen) atoms. The zero-order valence-corrected chi connectivity index (χ0v) is 13.4. The van der Waals surface area contributed by atoms with Gasteiger partial charge in [0.05, 0.1) is 21.8 Å². The van der Waals surface area contributed by atoms with Crippen molar-refractivity contribution in [1.29, 1.82) is 0 Å². The summed E-state index contributed by atoms with van der Waals surface area (Å²) in [6, 6.07) is 1.67. The van der Waals surface area contributed by atoms with Crippen molar-refractivity contribution < 1.29 is 9.59 Å². The van der Waals surface area contributed by atoms with Gasteiger partial charge in [-0.1, -0.05) is 25.7 Å².